The molecule has 3 rings (SSSR count). The first kappa shape index (κ1) is 9.84. The Morgan fingerprint density at radius 2 is 2.00 bits per heavy atom. The minimum atomic E-state index is 0.547. The Morgan fingerprint density at radius 3 is 2.88 bits per heavy atom. The number of ether oxygens (including phenoxy) is 1. The van der Waals surface area contributed by atoms with Crippen molar-refractivity contribution >= 4 is 10.9 Å². The van der Waals surface area contributed by atoms with Crippen LogP contribution in [0.2, 0.25) is 0 Å². The summed E-state index contributed by atoms with van der Waals surface area (Å²) in [5.41, 5.74) is 2.12. The van der Waals surface area contributed by atoms with Crippen molar-refractivity contribution in [2.75, 3.05) is 0 Å². The van der Waals surface area contributed by atoms with E-state index in [2.05, 4.69) is 15.2 Å². The molecule has 1 N–H and O–H groups in total. The van der Waals surface area contributed by atoms with Crippen molar-refractivity contribution < 1.29 is 4.74 Å². The maximum Gasteiger partial charge on any atom is 0.120 e. The molecule has 0 aliphatic carbocycles. The van der Waals surface area contributed by atoms with Gasteiger partial charge in [0.05, 0.1) is 11.7 Å². The van der Waals surface area contributed by atoms with Gasteiger partial charge >= 0.3 is 0 Å². The number of nitrogens with one attached hydrogen (secondary N) is 1. The van der Waals surface area contributed by atoms with Crippen LogP contribution in [0.25, 0.3) is 10.9 Å². The van der Waals surface area contributed by atoms with E-state index in [1.165, 1.54) is 0 Å². The lowest BCUT2D eigenvalue weighted by Gasteiger charge is -2.05. The van der Waals surface area contributed by atoms with Crippen molar-refractivity contribution in [3.8, 4) is 5.75 Å². The van der Waals surface area contributed by atoms with Crippen LogP contribution in [0.1, 0.15) is 5.56 Å². The molecule has 3 aromatic rings. The zero-order valence-corrected chi connectivity index (χ0v) is 9.13. The van der Waals surface area contributed by atoms with Crippen molar-refractivity contribution in [3.05, 3.63) is 54.5 Å². The average molecular weight is 225 g/mol. The molecule has 4 heteroatoms. The molecule has 0 aliphatic heterocycles. The third-order valence-electron chi connectivity index (χ3n) is 2.57. The summed E-state index contributed by atoms with van der Waals surface area (Å²) in [5, 5.41) is 7.93. The lowest BCUT2D eigenvalue weighted by Crippen LogP contribution is -1.94. The van der Waals surface area contributed by atoms with E-state index in [0.717, 1.165) is 22.2 Å². The topological polar surface area (TPSA) is 50.8 Å². The predicted molar refractivity (Wildman–Crippen MR) is 64.7 cm³/mol. The predicted octanol–water partition coefficient (Wildman–Crippen LogP) is 2.54. The maximum atomic E-state index is 5.70. The van der Waals surface area contributed by atoms with Gasteiger partial charge in [0.1, 0.15) is 12.4 Å². The Bertz CT molecular complexity index is 619. The van der Waals surface area contributed by atoms with E-state index >= 15 is 0 Å². The monoisotopic (exact) mass is 225 g/mol. The first-order chi connectivity index (χ1) is 8.42. The highest BCUT2D eigenvalue weighted by Crippen LogP contribution is 2.19. The van der Waals surface area contributed by atoms with Gasteiger partial charge in [-0.05, 0) is 35.9 Å². The highest BCUT2D eigenvalue weighted by atomic mass is 16.5. The molecule has 0 aliphatic rings. The van der Waals surface area contributed by atoms with Gasteiger partial charge in [-0.3, -0.25) is 10.1 Å². The summed E-state index contributed by atoms with van der Waals surface area (Å²) < 4.78 is 5.70. The van der Waals surface area contributed by atoms with Gasteiger partial charge in [0.15, 0.2) is 0 Å². The number of hydrogen-bond acceptors (Lipinski definition) is 3. The van der Waals surface area contributed by atoms with Crippen LogP contribution in [-0.2, 0) is 6.61 Å². The summed E-state index contributed by atoms with van der Waals surface area (Å²) in [6, 6.07) is 9.75. The molecule has 0 bridgehead atoms. The summed E-state index contributed by atoms with van der Waals surface area (Å²) in [7, 11) is 0. The van der Waals surface area contributed by atoms with Gasteiger partial charge in [0.2, 0.25) is 0 Å². The second-order valence-corrected chi connectivity index (χ2v) is 3.76. The first-order valence-electron chi connectivity index (χ1n) is 5.37. The van der Waals surface area contributed by atoms with Crippen LogP contribution in [0.15, 0.2) is 48.9 Å². The van der Waals surface area contributed by atoms with Gasteiger partial charge in [0, 0.05) is 17.8 Å². The third kappa shape index (κ3) is 2.10. The second-order valence-electron chi connectivity index (χ2n) is 3.76. The molecule has 2 aromatic heterocycles. The summed E-state index contributed by atoms with van der Waals surface area (Å²) in [6.07, 6.45) is 5.31. The number of pyridine rings is 1. The Labute approximate surface area is 98.3 Å². The molecule has 0 radical (unpaired) electrons. The van der Waals surface area contributed by atoms with E-state index in [1.807, 2.05) is 30.3 Å². The minimum absolute atomic E-state index is 0.547. The summed E-state index contributed by atoms with van der Waals surface area (Å²) in [4.78, 5) is 3.97. The van der Waals surface area contributed by atoms with Gasteiger partial charge < -0.3 is 4.74 Å². The molecule has 4 nitrogen and oxygen atoms in total. The molecule has 0 spiro atoms. The van der Waals surface area contributed by atoms with Gasteiger partial charge in [-0.1, -0.05) is 0 Å². The SMILES string of the molecule is c1cc(COc2ccc3[nH]ncc3c2)ccn1. The van der Waals surface area contributed by atoms with Crippen molar-refractivity contribution in [3.63, 3.8) is 0 Å². The largest absolute Gasteiger partial charge is 0.489 e. The molecule has 0 amide bonds. The van der Waals surface area contributed by atoms with Crippen LogP contribution < -0.4 is 4.74 Å². The van der Waals surface area contributed by atoms with Crippen molar-refractivity contribution in [1.82, 2.24) is 15.2 Å². The molecule has 0 fully saturated rings. The van der Waals surface area contributed by atoms with Gasteiger partial charge in [-0.25, -0.2) is 0 Å². The van der Waals surface area contributed by atoms with E-state index in [0.29, 0.717) is 6.61 Å². The maximum absolute atomic E-state index is 5.70. The quantitative estimate of drug-likeness (QED) is 0.745. The van der Waals surface area contributed by atoms with Gasteiger partial charge in [-0.2, -0.15) is 5.10 Å². The van der Waals surface area contributed by atoms with E-state index in [4.69, 9.17) is 4.74 Å². The number of aromatic nitrogens is 3. The smallest absolute Gasteiger partial charge is 0.120 e. The fourth-order valence-electron chi connectivity index (χ4n) is 1.66. The lowest BCUT2D eigenvalue weighted by atomic mass is 10.2. The van der Waals surface area contributed by atoms with E-state index in [-0.39, 0.29) is 0 Å². The average Bonchev–Trinajstić information content (AvgIpc) is 2.85. The van der Waals surface area contributed by atoms with Crippen LogP contribution in [0, 0.1) is 0 Å². The zero-order valence-electron chi connectivity index (χ0n) is 9.13. The van der Waals surface area contributed by atoms with Crippen LogP contribution in [-0.4, -0.2) is 15.2 Å². The fourth-order valence-corrected chi connectivity index (χ4v) is 1.66. The molecule has 0 atom stereocenters. The Morgan fingerprint density at radius 1 is 1.12 bits per heavy atom. The molecule has 1 aromatic carbocycles. The number of fused-ring (bicyclic) bond motifs is 1. The lowest BCUT2D eigenvalue weighted by molar-refractivity contribution is 0.306. The van der Waals surface area contributed by atoms with Crippen LogP contribution >= 0.6 is 0 Å². The summed E-state index contributed by atoms with van der Waals surface area (Å²) >= 11 is 0. The van der Waals surface area contributed by atoms with Crippen molar-refractivity contribution in [1.29, 1.82) is 0 Å². The number of aromatic amines is 1. The van der Waals surface area contributed by atoms with Crippen LogP contribution in [0.5, 0.6) is 5.75 Å². The number of benzene rings is 1. The third-order valence-corrected chi connectivity index (χ3v) is 2.57. The Kier molecular flexibility index (Phi) is 2.46. The Hall–Kier alpha value is -2.36. The zero-order chi connectivity index (χ0) is 11.5. The molecular formula is C13H11N3O. The molecule has 17 heavy (non-hydrogen) atoms. The number of nitrogens with zero attached hydrogens (tertiary/aromatic N) is 2. The molecular weight excluding hydrogens is 214 g/mol. The number of rotatable bonds is 3. The first-order valence-corrected chi connectivity index (χ1v) is 5.37. The van der Waals surface area contributed by atoms with Crippen molar-refractivity contribution in [2.45, 2.75) is 6.61 Å². The molecule has 2 heterocycles. The highest BCUT2D eigenvalue weighted by molar-refractivity contribution is 5.79. The normalized spacial score (nSPS) is 10.6. The fraction of sp³-hybridized carbons (Fsp3) is 0.0769. The Balaban J connectivity index is 1.76. The van der Waals surface area contributed by atoms with Crippen LogP contribution in [0.3, 0.4) is 0 Å². The van der Waals surface area contributed by atoms with Crippen LogP contribution in [0.4, 0.5) is 0 Å². The molecule has 0 saturated heterocycles. The minimum Gasteiger partial charge on any atom is -0.489 e. The molecule has 84 valence electrons. The summed E-state index contributed by atoms with van der Waals surface area (Å²) in [6.45, 7) is 0.547. The van der Waals surface area contributed by atoms with E-state index in [1.54, 1.807) is 18.6 Å². The number of hydrogen-bond donors (Lipinski definition) is 1. The standard InChI is InChI=1S/C13H11N3O/c1-2-13-11(8-15-16-13)7-12(1)17-9-10-3-5-14-6-4-10/h1-8H,9H2,(H,15,16). The number of H-pyrrole nitrogens is 1. The van der Waals surface area contributed by atoms with Gasteiger partial charge in [0.25, 0.3) is 0 Å². The molecule has 0 saturated carbocycles. The van der Waals surface area contributed by atoms with Gasteiger partial charge in [-0.15, -0.1) is 0 Å². The summed E-state index contributed by atoms with van der Waals surface area (Å²) in [5.74, 6) is 0.843. The van der Waals surface area contributed by atoms with Crippen molar-refractivity contribution in [2.24, 2.45) is 0 Å². The van der Waals surface area contributed by atoms with E-state index in [9.17, 15) is 0 Å². The highest BCUT2D eigenvalue weighted by Gasteiger charge is 1.99. The molecule has 0 unspecified atom stereocenters. The second kappa shape index (κ2) is 4.25. The van der Waals surface area contributed by atoms with E-state index < -0.39 is 0 Å².